The molecule has 0 aliphatic heterocycles. The molecule has 1 unspecified atom stereocenters. The average Bonchev–Trinajstić information content (AvgIpc) is 2.48. The number of nitro groups is 1. The van der Waals surface area contributed by atoms with Crippen molar-refractivity contribution in [2.75, 3.05) is 0 Å². The average molecular weight is 301 g/mol. The Kier molecular flexibility index (Phi) is 4.31. The Balaban J connectivity index is 2.33. The van der Waals surface area contributed by atoms with E-state index in [1.807, 2.05) is 6.07 Å². The zero-order chi connectivity index (χ0) is 15.4. The van der Waals surface area contributed by atoms with E-state index in [1.54, 1.807) is 24.3 Å². The molecule has 0 radical (unpaired) electrons. The van der Waals surface area contributed by atoms with E-state index in [0.29, 0.717) is 10.6 Å². The van der Waals surface area contributed by atoms with Crippen LogP contribution in [0.4, 0.5) is 5.69 Å². The maximum absolute atomic E-state index is 12.3. The van der Waals surface area contributed by atoms with Crippen LogP contribution < -0.4 is 0 Å². The van der Waals surface area contributed by atoms with E-state index < -0.39 is 16.6 Å². The smallest absolute Gasteiger partial charge is 0.269 e. The molecule has 0 heterocycles. The van der Waals surface area contributed by atoms with Gasteiger partial charge >= 0.3 is 0 Å². The Morgan fingerprint density at radius 2 is 1.90 bits per heavy atom. The van der Waals surface area contributed by atoms with E-state index in [2.05, 4.69) is 0 Å². The molecule has 5 nitrogen and oxygen atoms in total. The lowest BCUT2D eigenvalue weighted by molar-refractivity contribution is -0.384. The SMILES string of the molecule is N#CC(C(=O)c1ccc([N+](=O)[O-])cc1)c1cccc(Cl)c1. The van der Waals surface area contributed by atoms with Gasteiger partial charge < -0.3 is 0 Å². The van der Waals surface area contributed by atoms with Gasteiger partial charge in [0, 0.05) is 22.7 Å². The second kappa shape index (κ2) is 6.16. The molecule has 0 aliphatic rings. The molecule has 0 amide bonds. The number of hydrogen-bond acceptors (Lipinski definition) is 4. The lowest BCUT2D eigenvalue weighted by atomic mass is 9.92. The van der Waals surface area contributed by atoms with E-state index >= 15 is 0 Å². The molecule has 104 valence electrons. The number of hydrogen-bond donors (Lipinski definition) is 0. The van der Waals surface area contributed by atoms with Crippen LogP contribution in [0, 0.1) is 21.4 Å². The minimum absolute atomic E-state index is 0.109. The molecule has 0 bridgehead atoms. The van der Waals surface area contributed by atoms with Crippen LogP contribution in [0.2, 0.25) is 5.02 Å². The highest BCUT2D eigenvalue weighted by Gasteiger charge is 2.22. The Morgan fingerprint density at radius 1 is 1.24 bits per heavy atom. The van der Waals surface area contributed by atoms with Crippen LogP contribution in [0.15, 0.2) is 48.5 Å². The third-order valence-electron chi connectivity index (χ3n) is 2.94. The predicted molar refractivity (Wildman–Crippen MR) is 77.2 cm³/mol. The van der Waals surface area contributed by atoms with Gasteiger partial charge in [-0.15, -0.1) is 0 Å². The number of rotatable bonds is 4. The van der Waals surface area contributed by atoms with Gasteiger partial charge in [-0.05, 0) is 29.8 Å². The second-order valence-electron chi connectivity index (χ2n) is 4.29. The van der Waals surface area contributed by atoms with Gasteiger partial charge in [0.2, 0.25) is 0 Å². The van der Waals surface area contributed by atoms with Gasteiger partial charge in [-0.25, -0.2) is 0 Å². The third-order valence-corrected chi connectivity index (χ3v) is 3.17. The summed E-state index contributed by atoms with van der Waals surface area (Å²) in [6.07, 6.45) is 0. The Labute approximate surface area is 125 Å². The summed E-state index contributed by atoms with van der Waals surface area (Å²) in [6.45, 7) is 0. The van der Waals surface area contributed by atoms with Crippen molar-refractivity contribution in [3.05, 3.63) is 74.8 Å². The summed E-state index contributed by atoms with van der Waals surface area (Å²) >= 11 is 5.86. The summed E-state index contributed by atoms with van der Waals surface area (Å²) in [6, 6.07) is 13.6. The maximum Gasteiger partial charge on any atom is 0.269 e. The molecule has 0 spiro atoms. The highest BCUT2D eigenvalue weighted by Crippen LogP contribution is 2.24. The predicted octanol–water partition coefficient (Wildman–Crippen LogP) is 3.74. The van der Waals surface area contributed by atoms with Crippen LogP contribution in [0.3, 0.4) is 0 Å². The van der Waals surface area contributed by atoms with Crippen molar-refractivity contribution in [2.45, 2.75) is 5.92 Å². The minimum atomic E-state index is -0.995. The fourth-order valence-electron chi connectivity index (χ4n) is 1.88. The van der Waals surface area contributed by atoms with Crippen LogP contribution in [0.5, 0.6) is 0 Å². The highest BCUT2D eigenvalue weighted by molar-refractivity contribution is 6.30. The lowest BCUT2D eigenvalue weighted by Gasteiger charge is -2.09. The summed E-state index contributed by atoms with van der Waals surface area (Å²) in [5.74, 6) is -1.42. The van der Waals surface area contributed by atoms with Crippen molar-refractivity contribution in [2.24, 2.45) is 0 Å². The summed E-state index contributed by atoms with van der Waals surface area (Å²) in [4.78, 5) is 22.4. The Morgan fingerprint density at radius 3 is 2.43 bits per heavy atom. The van der Waals surface area contributed by atoms with Crippen molar-refractivity contribution < 1.29 is 9.72 Å². The normalized spacial score (nSPS) is 11.4. The summed E-state index contributed by atoms with van der Waals surface area (Å²) < 4.78 is 0. The van der Waals surface area contributed by atoms with Gasteiger partial charge in [0.25, 0.3) is 5.69 Å². The van der Waals surface area contributed by atoms with Crippen LogP contribution in [-0.4, -0.2) is 10.7 Å². The van der Waals surface area contributed by atoms with Gasteiger partial charge in [0.1, 0.15) is 5.92 Å². The number of Topliss-reactive ketones (excluding diaryl/α,β-unsaturated/α-hetero) is 1. The van der Waals surface area contributed by atoms with Crippen molar-refractivity contribution >= 4 is 23.1 Å². The molecule has 0 saturated heterocycles. The molecule has 0 N–H and O–H groups in total. The molecule has 6 heteroatoms. The topological polar surface area (TPSA) is 84.0 Å². The molecule has 0 aromatic heterocycles. The quantitative estimate of drug-likeness (QED) is 0.489. The van der Waals surface area contributed by atoms with Gasteiger partial charge in [-0.2, -0.15) is 5.26 Å². The van der Waals surface area contributed by atoms with Crippen LogP contribution in [0.25, 0.3) is 0 Å². The van der Waals surface area contributed by atoms with Crippen molar-refractivity contribution in [1.29, 1.82) is 5.26 Å². The van der Waals surface area contributed by atoms with Crippen LogP contribution in [-0.2, 0) is 0 Å². The first-order chi connectivity index (χ1) is 10.0. The van der Waals surface area contributed by atoms with E-state index in [-0.39, 0.29) is 11.3 Å². The van der Waals surface area contributed by atoms with Crippen molar-refractivity contribution in [3.63, 3.8) is 0 Å². The van der Waals surface area contributed by atoms with Gasteiger partial charge in [-0.1, -0.05) is 23.7 Å². The van der Waals surface area contributed by atoms with Gasteiger partial charge in [0.05, 0.1) is 11.0 Å². The first-order valence-electron chi connectivity index (χ1n) is 5.96. The zero-order valence-electron chi connectivity index (χ0n) is 10.7. The second-order valence-corrected chi connectivity index (χ2v) is 4.72. The first-order valence-corrected chi connectivity index (χ1v) is 6.34. The molecular weight excluding hydrogens is 292 g/mol. The fraction of sp³-hybridized carbons (Fsp3) is 0.0667. The molecule has 21 heavy (non-hydrogen) atoms. The Bertz CT molecular complexity index is 735. The molecular formula is C15H9ClN2O3. The number of benzene rings is 2. The largest absolute Gasteiger partial charge is 0.292 e. The summed E-state index contributed by atoms with van der Waals surface area (Å²) in [5.41, 5.74) is 0.628. The molecule has 2 aromatic carbocycles. The molecule has 0 fully saturated rings. The third kappa shape index (κ3) is 3.25. The first kappa shape index (κ1) is 14.7. The Hall–Kier alpha value is -2.71. The molecule has 2 rings (SSSR count). The summed E-state index contributed by atoms with van der Waals surface area (Å²) in [7, 11) is 0. The molecule has 0 saturated carbocycles. The minimum Gasteiger partial charge on any atom is -0.292 e. The lowest BCUT2D eigenvalue weighted by Crippen LogP contribution is -2.11. The van der Waals surface area contributed by atoms with E-state index in [0.717, 1.165) is 0 Å². The maximum atomic E-state index is 12.3. The van der Waals surface area contributed by atoms with Crippen LogP contribution >= 0.6 is 11.6 Å². The number of nitrogens with zero attached hydrogens (tertiary/aromatic N) is 2. The van der Waals surface area contributed by atoms with Crippen molar-refractivity contribution in [3.8, 4) is 6.07 Å². The van der Waals surface area contributed by atoms with E-state index in [1.165, 1.54) is 24.3 Å². The van der Waals surface area contributed by atoms with Gasteiger partial charge in [0.15, 0.2) is 5.78 Å². The number of carbonyl (C=O) groups excluding carboxylic acids is 1. The van der Waals surface area contributed by atoms with Crippen molar-refractivity contribution in [1.82, 2.24) is 0 Å². The summed E-state index contributed by atoms with van der Waals surface area (Å²) in [5, 5.41) is 20.2. The standard InChI is InChI=1S/C15H9ClN2O3/c16-12-3-1-2-11(8-12)14(9-17)15(19)10-4-6-13(7-5-10)18(20)21/h1-8,14H. The number of nitriles is 1. The number of nitro benzene ring substituents is 1. The zero-order valence-corrected chi connectivity index (χ0v) is 11.4. The fourth-order valence-corrected chi connectivity index (χ4v) is 2.08. The van der Waals surface area contributed by atoms with Gasteiger partial charge in [-0.3, -0.25) is 14.9 Å². The number of carbonyl (C=O) groups is 1. The van der Waals surface area contributed by atoms with E-state index in [4.69, 9.17) is 11.6 Å². The number of halogens is 1. The van der Waals surface area contributed by atoms with Crippen LogP contribution in [0.1, 0.15) is 21.8 Å². The molecule has 0 aliphatic carbocycles. The molecule has 1 atom stereocenters. The monoisotopic (exact) mass is 300 g/mol. The number of non-ortho nitro benzene ring substituents is 1. The molecule has 2 aromatic rings. The highest BCUT2D eigenvalue weighted by atomic mass is 35.5. The number of ketones is 1. The van der Waals surface area contributed by atoms with E-state index in [9.17, 15) is 20.2 Å².